The maximum atomic E-state index is 11.9. The fourth-order valence-corrected chi connectivity index (χ4v) is 4.45. The Kier molecular flexibility index (Phi) is 4.59. The summed E-state index contributed by atoms with van der Waals surface area (Å²) >= 11 is 3.09. The number of nitrogens with zero attached hydrogens (tertiary/aromatic N) is 1. The van der Waals surface area contributed by atoms with Gasteiger partial charge < -0.3 is 4.74 Å². The van der Waals surface area contributed by atoms with Gasteiger partial charge in [0.25, 0.3) is 0 Å². The lowest BCUT2D eigenvalue weighted by atomic mass is 10.1. The molecule has 3 rings (SSSR count). The average Bonchev–Trinajstić information content (AvgIpc) is 3.14. The number of thiazole rings is 1. The highest BCUT2D eigenvalue weighted by Crippen LogP contribution is 2.38. The first kappa shape index (κ1) is 15.9. The molecule has 23 heavy (non-hydrogen) atoms. The van der Waals surface area contributed by atoms with Crippen LogP contribution in [0.5, 0.6) is 0 Å². The van der Waals surface area contributed by atoms with E-state index in [-0.39, 0.29) is 5.97 Å². The van der Waals surface area contributed by atoms with E-state index < -0.39 is 0 Å². The number of aromatic nitrogens is 1. The molecule has 0 atom stereocenters. The molecule has 0 saturated carbocycles. The van der Waals surface area contributed by atoms with Crippen molar-refractivity contribution in [2.24, 2.45) is 0 Å². The Hall–Kier alpha value is -1.98. The molecule has 3 aromatic rings. The summed E-state index contributed by atoms with van der Waals surface area (Å²) in [6.45, 7) is 6.15. The fourth-order valence-electron chi connectivity index (χ4n) is 2.33. The molecular weight excluding hydrogens is 326 g/mol. The van der Waals surface area contributed by atoms with E-state index in [0.29, 0.717) is 11.5 Å². The Bertz CT molecular complexity index is 848. The van der Waals surface area contributed by atoms with E-state index in [1.807, 2.05) is 26.0 Å². The molecule has 0 radical (unpaired) electrons. The van der Waals surface area contributed by atoms with Crippen LogP contribution in [-0.2, 0) is 4.74 Å². The summed E-state index contributed by atoms with van der Waals surface area (Å²) in [7, 11) is 0. The van der Waals surface area contributed by atoms with Gasteiger partial charge in [-0.15, -0.1) is 22.7 Å². The SMILES string of the molecule is CCOC(=O)c1sc(-c2ccc(-c3ccccc3C)s2)nc1C. The number of rotatable bonds is 4. The molecule has 2 heterocycles. The number of carbonyl (C=O) groups is 1. The summed E-state index contributed by atoms with van der Waals surface area (Å²) in [5, 5.41) is 0.871. The standard InChI is InChI=1S/C18H17NO2S2/c1-4-21-18(20)16-12(3)19-17(23-16)15-10-9-14(22-15)13-8-6-5-7-11(13)2/h5-10H,4H2,1-3H3. The van der Waals surface area contributed by atoms with E-state index in [9.17, 15) is 4.79 Å². The van der Waals surface area contributed by atoms with Gasteiger partial charge in [-0.05, 0) is 44.0 Å². The van der Waals surface area contributed by atoms with Crippen molar-refractivity contribution in [1.82, 2.24) is 4.98 Å². The number of benzene rings is 1. The Labute approximate surface area is 143 Å². The van der Waals surface area contributed by atoms with E-state index in [0.717, 1.165) is 15.6 Å². The van der Waals surface area contributed by atoms with Gasteiger partial charge in [0.05, 0.1) is 17.2 Å². The minimum Gasteiger partial charge on any atom is -0.462 e. The molecule has 0 aliphatic heterocycles. The van der Waals surface area contributed by atoms with Gasteiger partial charge in [-0.1, -0.05) is 24.3 Å². The van der Waals surface area contributed by atoms with Crippen molar-refractivity contribution in [3.05, 3.63) is 52.5 Å². The van der Waals surface area contributed by atoms with Gasteiger partial charge in [0.2, 0.25) is 0 Å². The third-order valence-corrected chi connectivity index (χ3v) is 5.91. The first-order valence-corrected chi connectivity index (χ1v) is 9.04. The zero-order chi connectivity index (χ0) is 16.4. The predicted molar refractivity (Wildman–Crippen MR) is 96.3 cm³/mol. The van der Waals surface area contributed by atoms with Gasteiger partial charge >= 0.3 is 5.97 Å². The van der Waals surface area contributed by atoms with Gasteiger partial charge in [0, 0.05) is 4.88 Å². The van der Waals surface area contributed by atoms with Crippen molar-refractivity contribution in [1.29, 1.82) is 0 Å². The van der Waals surface area contributed by atoms with Crippen LogP contribution in [0, 0.1) is 13.8 Å². The zero-order valence-corrected chi connectivity index (χ0v) is 14.9. The molecule has 0 N–H and O–H groups in total. The van der Waals surface area contributed by atoms with Crippen molar-refractivity contribution in [3.63, 3.8) is 0 Å². The van der Waals surface area contributed by atoms with Gasteiger partial charge in [-0.3, -0.25) is 0 Å². The molecule has 0 aliphatic carbocycles. The summed E-state index contributed by atoms with van der Waals surface area (Å²) in [5.41, 5.74) is 3.22. The van der Waals surface area contributed by atoms with Crippen molar-refractivity contribution < 1.29 is 9.53 Å². The van der Waals surface area contributed by atoms with Crippen LogP contribution < -0.4 is 0 Å². The van der Waals surface area contributed by atoms with Gasteiger partial charge in [-0.25, -0.2) is 9.78 Å². The molecule has 1 aromatic carbocycles. The molecule has 0 spiro atoms. The summed E-state index contributed by atoms with van der Waals surface area (Å²) in [4.78, 5) is 19.4. The monoisotopic (exact) mass is 343 g/mol. The molecule has 5 heteroatoms. The second kappa shape index (κ2) is 6.64. The van der Waals surface area contributed by atoms with E-state index in [1.54, 1.807) is 11.3 Å². The van der Waals surface area contributed by atoms with Gasteiger partial charge in [0.1, 0.15) is 9.88 Å². The fraction of sp³-hybridized carbons (Fsp3) is 0.222. The molecule has 2 aromatic heterocycles. The largest absolute Gasteiger partial charge is 0.462 e. The third-order valence-electron chi connectivity index (χ3n) is 3.48. The van der Waals surface area contributed by atoms with Crippen molar-refractivity contribution in [2.75, 3.05) is 6.61 Å². The van der Waals surface area contributed by atoms with Crippen LogP contribution >= 0.6 is 22.7 Å². The van der Waals surface area contributed by atoms with Crippen LogP contribution in [0.25, 0.3) is 20.3 Å². The Balaban J connectivity index is 1.94. The maximum absolute atomic E-state index is 11.9. The summed E-state index contributed by atoms with van der Waals surface area (Å²) < 4.78 is 5.08. The average molecular weight is 343 g/mol. The highest BCUT2D eigenvalue weighted by molar-refractivity contribution is 7.24. The van der Waals surface area contributed by atoms with Crippen LogP contribution in [0.3, 0.4) is 0 Å². The van der Waals surface area contributed by atoms with Crippen molar-refractivity contribution in [3.8, 4) is 20.3 Å². The highest BCUT2D eigenvalue weighted by atomic mass is 32.1. The van der Waals surface area contributed by atoms with E-state index in [2.05, 4.69) is 36.2 Å². The molecule has 0 saturated heterocycles. The number of thiophene rings is 1. The third kappa shape index (κ3) is 3.21. The lowest BCUT2D eigenvalue weighted by Crippen LogP contribution is -2.03. The predicted octanol–water partition coefficient (Wildman–Crippen LogP) is 5.33. The van der Waals surface area contributed by atoms with E-state index in [1.165, 1.54) is 27.3 Å². The molecule has 0 fully saturated rings. The Morgan fingerprint density at radius 3 is 2.57 bits per heavy atom. The Morgan fingerprint density at radius 1 is 1.09 bits per heavy atom. The van der Waals surface area contributed by atoms with Crippen LogP contribution in [0.1, 0.15) is 27.9 Å². The number of esters is 1. The van der Waals surface area contributed by atoms with E-state index in [4.69, 9.17) is 4.74 Å². The van der Waals surface area contributed by atoms with Gasteiger partial charge in [0.15, 0.2) is 0 Å². The zero-order valence-electron chi connectivity index (χ0n) is 13.3. The number of ether oxygens (including phenoxy) is 1. The maximum Gasteiger partial charge on any atom is 0.350 e. The molecular formula is C18H17NO2S2. The number of aryl methyl sites for hydroxylation is 2. The lowest BCUT2D eigenvalue weighted by molar-refractivity contribution is 0.0531. The summed E-state index contributed by atoms with van der Waals surface area (Å²) in [5.74, 6) is -0.288. The normalized spacial score (nSPS) is 10.7. The van der Waals surface area contributed by atoms with Gasteiger partial charge in [-0.2, -0.15) is 0 Å². The molecule has 0 unspecified atom stereocenters. The quantitative estimate of drug-likeness (QED) is 0.601. The lowest BCUT2D eigenvalue weighted by Gasteiger charge is -2.01. The first-order chi connectivity index (χ1) is 11.1. The number of hydrogen-bond acceptors (Lipinski definition) is 5. The second-order valence-corrected chi connectivity index (χ2v) is 7.22. The highest BCUT2D eigenvalue weighted by Gasteiger charge is 2.18. The van der Waals surface area contributed by atoms with Crippen LogP contribution in [0.4, 0.5) is 0 Å². The topological polar surface area (TPSA) is 39.2 Å². The molecule has 0 bridgehead atoms. The van der Waals surface area contributed by atoms with Crippen LogP contribution in [-0.4, -0.2) is 17.6 Å². The Morgan fingerprint density at radius 2 is 1.83 bits per heavy atom. The first-order valence-electron chi connectivity index (χ1n) is 7.41. The van der Waals surface area contributed by atoms with E-state index >= 15 is 0 Å². The minimum absolute atomic E-state index is 0.288. The second-order valence-electron chi connectivity index (χ2n) is 5.13. The van der Waals surface area contributed by atoms with Crippen LogP contribution in [0.2, 0.25) is 0 Å². The molecule has 118 valence electrons. The number of hydrogen-bond donors (Lipinski definition) is 0. The van der Waals surface area contributed by atoms with Crippen molar-refractivity contribution >= 4 is 28.6 Å². The summed E-state index contributed by atoms with van der Waals surface area (Å²) in [6.07, 6.45) is 0. The minimum atomic E-state index is -0.288. The smallest absolute Gasteiger partial charge is 0.350 e. The van der Waals surface area contributed by atoms with Crippen molar-refractivity contribution in [2.45, 2.75) is 20.8 Å². The molecule has 0 amide bonds. The molecule has 0 aliphatic rings. The summed E-state index contributed by atoms with van der Waals surface area (Å²) in [6, 6.07) is 12.5. The number of carbonyl (C=O) groups excluding carboxylic acids is 1. The van der Waals surface area contributed by atoms with Crippen LogP contribution in [0.15, 0.2) is 36.4 Å². The molecule has 3 nitrogen and oxygen atoms in total.